The molecule has 1 aromatic carbocycles. The molecule has 0 saturated heterocycles. The number of nitrogens with one attached hydrogen (secondary N) is 1. The van der Waals surface area contributed by atoms with E-state index in [2.05, 4.69) is 10.2 Å². The summed E-state index contributed by atoms with van der Waals surface area (Å²) in [7, 11) is 0. The molecule has 0 spiro atoms. The van der Waals surface area contributed by atoms with Crippen molar-refractivity contribution in [3.8, 4) is 0 Å². The van der Waals surface area contributed by atoms with Crippen molar-refractivity contribution in [1.29, 1.82) is 0 Å². The Morgan fingerprint density at radius 1 is 1.47 bits per heavy atom. The Hall–Kier alpha value is -2.10. The fourth-order valence-corrected chi connectivity index (χ4v) is 1.58. The van der Waals surface area contributed by atoms with E-state index in [0.717, 1.165) is 17.3 Å². The summed E-state index contributed by atoms with van der Waals surface area (Å²) in [5.74, 6) is -0.322. The van der Waals surface area contributed by atoms with Gasteiger partial charge in [0.1, 0.15) is 6.61 Å². The molecule has 0 amide bonds. The van der Waals surface area contributed by atoms with Gasteiger partial charge in [0, 0.05) is 5.39 Å². The van der Waals surface area contributed by atoms with Gasteiger partial charge in [-0.15, -0.1) is 0 Å². The van der Waals surface area contributed by atoms with E-state index in [9.17, 15) is 4.79 Å². The molecule has 0 radical (unpaired) electrons. The minimum absolute atomic E-state index is 0.306. The molecule has 1 aromatic heterocycles. The van der Waals surface area contributed by atoms with Gasteiger partial charge >= 0.3 is 5.97 Å². The number of nitrogens with zero attached hydrogens (tertiary/aromatic N) is 1. The lowest BCUT2D eigenvalue weighted by Crippen LogP contribution is -2.05. The molecular weight excluding hydrogens is 216 g/mol. The molecule has 2 aromatic rings. The highest BCUT2D eigenvalue weighted by atomic mass is 16.5. The van der Waals surface area contributed by atoms with E-state index in [0.29, 0.717) is 12.2 Å². The number of allylic oxidation sites excluding steroid dienone is 1. The summed E-state index contributed by atoms with van der Waals surface area (Å²) in [6, 6.07) is 5.42. The molecule has 0 unspecified atom stereocenters. The molecule has 0 aliphatic heterocycles. The third-order valence-electron chi connectivity index (χ3n) is 2.42. The summed E-state index contributed by atoms with van der Waals surface area (Å²) < 4.78 is 5.14. The maximum atomic E-state index is 11.8. The quantitative estimate of drug-likeness (QED) is 0.649. The Morgan fingerprint density at radius 2 is 2.35 bits per heavy atom. The summed E-state index contributed by atoms with van der Waals surface area (Å²) in [5, 5.41) is 7.52. The SMILES string of the molecule is CC/C=C/COC(=O)c1cccc2[nH]ncc12. The number of aromatic nitrogens is 2. The average molecular weight is 230 g/mol. The first-order valence-corrected chi connectivity index (χ1v) is 5.57. The lowest BCUT2D eigenvalue weighted by atomic mass is 10.1. The Morgan fingerprint density at radius 3 is 3.18 bits per heavy atom. The van der Waals surface area contributed by atoms with Gasteiger partial charge in [0.2, 0.25) is 0 Å². The van der Waals surface area contributed by atoms with Crippen LogP contribution in [0.15, 0.2) is 36.5 Å². The minimum Gasteiger partial charge on any atom is -0.458 e. The van der Waals surface area contributed by atoms with Gasteiger partial charge in [-0.2, -0.15) is 5.10 Å². The van der Waals surface area contributed by atoms with Crippen molar-refractivity contribution in [2.75, 3.05) is 6.61 Å². The number of carbonyl (C=O) groups is 1. The number of hydrogen-bond acceptors (Lipinski definition) is 3. The number of fused-ring (bicyclic) bond motifs is 1. The van der Waals surface area contributed by atoms with E-state index >= 15 is 0 Å². The first-order valence-electron chi connectivity index (χ1n) is 5.57. The average Bonchev–Trinajstić information content (AvgIpc) is 2.82. The monoisotopic (exact) mass is 230 g/mol. The van der Waals surface area contributed by atoms with Gasteiger partial charge in [0.05, 0.1) is 17.3 Å². The van der Waals surface area contributed by atoms with E-state index in [-0.39, 0.29) is 5.97 Å². The van der Waals surface area contributed by atoms with Gasteiger partial charge in [-0.3, -0.25) is 5.10 Å². The molecule has 0 atom stereocenters. The molecule has 1 heterocycles. The third kappa shape index (κ3) is 2.53. The molecule has 0 aliphatic carbocycles. The number of rotatable bonds is 4. The summed E-state index contributed by atoms with van der Waals surface area (Å²) in [4.78, 5) is 11.8. The molecule has 4 heteroatoms. The van der Waals surface area contributed by atoms with E-state index in [1.165, 1.54) is 0 Å². The summed E-state index contributed by atoms with van der Waals surface area (Å²) in [6.45, 7) is 2.34. The topological polar surface area (TPSA) is 55.0 Å². The first-order chi connectivity index (χ1) is 8.33. The predicted octanol–water partition coefficient (Wildman–Crippen LogP) is 2.69. The van der Waals surface area contributed by atoms with Crippen LogP contribution in [0.25, 0.3) is 10.9 Å². The number of H-pyrrole nitrogens is 1. The van der Waals surface area contributed by atoms with Crippen LogP contribution in [-0.4, -0.2) is 22.8 Å². The van der Waals surface area contributed by atoms with E-state index < -0.39 is 0 Å². The molecule has 0 aliphatic rings. The largest absolute Gasteiger partial charge is 0.458 e. The Bertz CT molecular complexity index is 543. The molecule has 17 heavy (non-hydrogen) atoms. The van der Waals surface area contributed by atoms with Crippen molar-refractivity contribution >= 4 is 16.9 Å². The Balaban J connectivity index is 2.13. The number of esters is 1. The summed E-state index contributed by atoms with van der Waals surface area (Å²) >= 11 is 0. The lowest BCUT2D eigenvalue weighted by Gasteiger charge is -2.02. The molecule has 0 saturated carbocycles. The van der Waals surface area contributed by atoms with E-state index in [4.69, 9.17) is 4.74 Å². The fourth-order valence-electron chi connectivity index (χ4n) is 1.58. The van der Waals surface area contributed by atoms with Crippen LogP contribution in [0.1, 0.15) is 23.7 Å². The van der Waals surface area contributed by atoms with Crippen LogP contribution in [0.4, 0.5) is 0 Å². The lowest BCUT2D eigenvalue weighted by molar-refractivity contribution is 0.0551. The van der Waals surface area contributed by atoms with Gasteiger partial charge in [-0.1, -0.05) is 25.1 Å². The molecule has 4 nitrogen and oxygen atoms in total. The van der Waals surface area contributed by atoms with Gasteiger partial charge in [-0.05, 0) is 18.6 Å². The van der Waals surface area contributed by atoms with E-state index in [1.54, 1.807) is 18.3 Å². The Labute approximate surface area is 99.3 Å². The standard InChI is InChI=1S/C13H14N2O2/c1-2-3-4-8-17-13(16)10-6-5-7-12-11(10)9-14-15-12/h3-7,9H,2,8H2,1H3,(H,14,15)/b4-3+. The molecule has 0 bridgehead atoms. The predicted molar refractivity (Wildman–Crippen MR) is 65.8 cm³/mol. The van der Waals surface area contributed by atoms with Crippen LogP contribution in [-0.2, 0) is 4.74 Å². The summed E-state index contributed by atoms with van der Waals surface area (Å²) in [5.41, 5.74) is 1.38. The van der Waals surface area contributed by atoms with Crippen molar-refractivity contribution in [3.63, 3.8) is 0 Å². The second kappa shape index (κ2) is 5.30. The molecule has 0 fully saturated rings. The maximum absolute atomic E-state index is 11.8. The van der Waals surface area contributed by atoms with Crippen molar-refractivity contribution in [3.05, 3.63) is 42.1 Å². The zero-order valence-corrected chi connectivity index (χ0v) is 9.64. The number of carbonyl (C=O) groups excluding carboxylic acids is 1. The van der Waals surface area contributed by atoms with Crippen LogP contribution >= 0.6 is 0 Å². The van der Waals surface area contributed by atoms with Gasteiger partial charge in [0.25, 0.3) is 0 Å². The fraction of sp³-hybridized carbons (Fsp3) is 0.231. The van der Waals surface area contributed by atoms with Crippen LogP contribution in [0.3, 0.4) is 0 Å². The molecular formula is C13H14N2O2. The second-order valence-corrected chi connectivity index (χ2v) is 3.61. The van der Waals surface area contributed by atoms with Gasteiger partial charge < -0.3 is 4.74 Å². The van der Waals surface area contributed by atoms with Crippen molar-refractivity contribution in [2.24, 2.45) is 0 Å². The third-order valence-corrected chi connectivity index (χ3v) is 2.42. The normalized spacial score (nSPS) is 11.1. The van der Waals surface area contributed by atoms with E-state index in [1.807, 2.05) is 25.1 Å². The highest BCUT2D eigenvalue weighted by Gasteiger charge is 2.11. The number of aromatic amines is 1. The van der Waals surface area contributed by atoms with Crippen molar-refractivity contribution in [2.45, 2.75) is 13.3 Å². The first kappa shape index (κ1) is 11.4. The molecule has 88 valence electrons. The van der Waals surface area contributed by atoms with Crippen LogP contribution in [0.2, 0.25) is 0 Å². The minimum atomic E-state index is -0.322. The smallest absolute Gasteiger partial charge is 0.339 e. The number of hydrogen-bond donors (Lipinski definition) is 1. The van der Waals surface area contributed by atoms with Gasteiger partial charge in [0.15, 0.2) is 0 Å². The summed E-state index contributed by atoms with van der Waals surface area (Å²) in [6.07, 6.45) is 6.38. The Kier molecular flexibility index (Phi) is 3.55. The van der Waals surface area contributed by atoms with Crippen molar-refractivity contribution in [1.82, 2.24) is 10.2 Å². The van der Waals surface area contributed by atoms with Crippen LogP contribution < -0.4 is 0 Å². The molecule has 2 rings (SSSR count). The van der Waals surface area contributed by atoms with Crippen LogP contribution in [0, 0.1) is 0 Å². The van der Waals surface area contributed by atoms with Crippen LogP contribution in [0.5, 0.6) is 0 Å². The second-order valence-electron chi connectivity index (χ2n) is 3.61. The van der Waals surface area contributed by atoms with Gasteiger partial charge in [-0.25, -0.2) is 4.79 Å². The molecule has 1 N–H and O–H groups in total. The number of ether oxygens (including phenoxy) is 1. The number of benzene rings is 1. The maximum Gasteiger partial charge on any atom is 0.339 e. The van der Waals surface area contributed by atoms with Crippen molar-refractivity contribution < 1.29 is 9.53 Å². The highest BCUT2D eigenvalue weighted by molar-refractivity contribution is 6.03. The highest BCUT2D eigenvalue weighted by Crippen LogP contribution is 2.16. The zero-order valence-electron chi connectivity index (χ0n) is 9.64. The zero-order chi connectivity index (χ0) is 12.1.